The summed E-state index contributed by atoms with van der Waals surface area (Å²) in [5.41, 5.74) is 4.02. The van der Waals surface area contributed by atoms with Gasteiger partial charge in [-0.25, -0.2) is 4.98 Å². The van der Waals surface area contributed by atoms with Gasteiger partial charge >= 0.3 is 0 Å². The van der Waals surface area contributed by atoms with Gasteiger partial charge in [-0.2, -0.15) is 0 Å². The summed E-state index contributed by atoms with van der Waals surface area (Å²) in [5, 5.41) is 12.4. The maximum Gasteiger partial charge on any atom is 0.226 e. The van der Waals surface area contributed by atoms with Crippen LogP contribution in [0.1, 0.15) is 17.3 Å². The fourth-order valence-corrected chi connectivity index (χ4v) is 5.12. The molecule has 5 aromatic rings. The number of hydrogen-bond donors (Lipinski definition) is 0. The van der Waals surface area contributed by atoms with Crippen LogP contribution in [-0.4, -0.2) is 19.6 Å². The second-order valence-electron chi connectivity index (χ2n) is 6.41. The van der Waals surface area contributed by atoms with Gasteiger partial charge in [-0.1, -0.05) is 29.4 Å². The summed E-state index contributed by atoms with van der Waals surface area (Å²) in [6.07, 6.45) is 0. The van der Waals surface area contributed by atoms with Crippen molar-refractivity contribution >= 4 is 50.4 Å². The van der Waals surface area contributed by atoms with E-state index in [0.29, 0.717) is 16.7 Å². The molecule has 0 fully saturated rings. The topological polar surface area (TPSA) is 56.2 Å². The van der Waals surface area contributed by atoms with Gasteiger partial charge < -0.3 is 4.42 Å². The van der Waals surface area contributed by atoms with E-state index >= 15 is 0 Å². The van der Waals surface area contributed by atoms with E-state index in [4.69, 9.17) is 16.0 Å². The first kappa shape index (κ1) is 17.7. The van der Waals surface area contributed by atoms with Crippen molar-refractivity contribution in [2.45, 2.75) is 24.6 Å². The van der Waals surface area contributed by atoms with Gasteiger partial charge in [0.25, 0.3) is 0 Å². The Morgan fingerprint density at radius 3 is 2.89 bits per heavy atom. The smallest absolute Gasteiger partial charge is 0.226 e. The van der Waals surface area contributed by atoms with Crippen molar-refractivity contribution in [3.63, 3.8) is 0 Å². The summed E-state index contributed by atoms with van der Waals surface area (Å²) in [6.45, 7) is 3.91. The first-order chi connectivity index (χ1) is 13.6. The number of aromatic nitrogens is 4. The Balaban J connectivity index is 1.46. The van der Waals surface area contributed by atoms with Crippen LogP contribution in [0.15, 0.2) is 51.2 Å². The zero-order chi connectivity index (χ0) is 19.3. The zero-order valence-corrected chi connectivity index (χ0v) is 17.5. The van der Waals surface area contributed by atoms with Crippen LogP contribution in [0.25, 0.3) is 27.2 Å². The number of hydrogen-bond acceptors (Lipinski definition) is 6. The van der Waals surface area contributed by atoms with Crippen LogP contribution in [0.5, 0.6) is 0 Å². The Kier molecular flexibility index (Phi) is 4.38. The molecule has 0 unspecified atom stereocenters. The van der Waals surface area contributed by atoms with E-state index in [1.165, 1.54) is 10.2 Å². The van der Waals surface area contributed by atoms with Gasteiger partial charge in [-0.15, -0.1) is 21.5 Å². The second-order valence-corrected chi connectivity index (χ2v) is 8.76. The van der Waals surface area contributed by atoms with Crippen molar-refractivity contribution in [3.8, 4) is 11.5 Å². The molecule has 0 saturated heterocycles. The highest BCUT2D eigenvalue weighted by Gasteiger charge is 2.16. The van der Waals surface area contributed by atoms with Crippen LogP contribution >= 0.6 is 34.7 Å². The third-order valence-electron chi connectivity index (χ3n) is 4.56. The summed E-state index contributed by atoms with van der Waals surface area (Å²) in [7, 11) is 0. The maximum absolute atomic E-state index is 6.08. The van der Waals surface area contributed by atoms with Crippen LogP contribution in [-0.2, 0) is 5.75 Å². The SMILES string of the molecule is Cc1oc(-c2cccc(Cl)c2)nc1CSc1nnc(C)n2c1cc1sccc12. The number of nitrogens with zero attached hydrogens (tertiary/aromatic N) is 4. The Morgan fingerprint density at radius 2 is 2.04 bits per heavy atom. The summed E-state index contributed by atoms with van der Waals surface area (Å²) >= 11 is 9.43. The average Bonchev–Trinajstić information content (AvgIpc) is 3.36. The monoisotopic (exact) mass is 426 g/mol. The third kappa shape index (κ3) is 2.99. The second kappa shape index (κ2) is 6.92. The molecule has 0 amide bonds. The molecule has 0 aliphatic rings. The van der Waals surface area contributed by atoms with Crippen LogP contribution < -0.4 is 0 Å². The van der Waals surface area contributed by atoms with Crippen LogP contribution in [0.2, 0.25) is 5.02 Å². The molecule has 0 radical (unpaired) electrons. The van der Waals surface area contributed by atoms with E-state index in [1.54, 1.807) is 23.1 Å². The van der Waals surface area contributed by atoms with Gasteiger partial charge in [-0.05, 0) is 49.6 Å². The summed E-state index contributed by atoms with van der Waals surface area (Å²) in [5.74, 6) is 2.92. The molecule has 0 atom stereocenters. The van der Waals surface area contributed by atoms with E-state index < -0.39 is 0 Å². The van der Waals surface area contributed by atoms with Gasteiger partial charge in [-0.3, -0.25) is 4.40 Å². The first-order valence-electron chi connectivity index (χ1n) is 8.67. The van der Waals surface area contributed by atoms with Crippen LogP contribution in [0.4, 0.5) is 0 Å². The largest absolute Gasteiger partial charge is 0.441 e. The summed E-state index contributed by atoms with van der Waals surface area (Å²) < 4.78 is 9.26. The fraction of sp³-hybridized carbons (Fsp3) is 0.150. The Morgan fingerprint density at radius 1 is 1.14 bits per heavy atom. The minimum Gasteiger partial charge on any atom is -0.441 e. The van der Waals surface area contributed by atoms with Gasteiger partial charge in [0, 0.05) is 16.3 Å². The molecule has 140 valence electrons. The van der Waals surface area contributed by atoms with Crippen LogP contribution in [0, 0.1) is 13.8 Å². The van der Waals surface area contributed by atoms with Crippen molar-refractivity contribution in [2.24, 2.45) is 0 Å². The molecule has 0 spiro atoms. The Hall–Kier alpha value is -2.35. The molecule has 28 heavy (non-hydrogen) atoms. The lowest BCUT2D eigenvalue weighted by Gasteiger charge is -2.05. The minimum atomic E-state index is 0.582. The molecule has 4 heterocycles. The molecular formula is C20H15ClN4OS2. The number of benzene rings is 1. The number of thiophene rings is 1. The molecule has 4 aromatic heterocycles. The number of rotatable bonds is 4. The Bertz CT molecular complexity index is 1320. The van der Waals surface area contributed by atoms with Crippen LogP contribution in [0.3, 0.4) is 0 Å². The number of halogens is 1. The van der Waals surface area contributed by atoms with Crippen molar-refractivity contribution in [3.05, 3.63) is 64.1 Å². The van der Waals surface area contributed by atoms with Gasteiger partial charge in [0.2, 0.25) is 5.89 Å². The molecule has 5 rings (SSSR count). The molecule has 8 heteroatoms. The summed E-state index contributed by atoms with van der Waals surface area (Å²) in [4.78, 5) is 4.67. The van der Waals surface area contributed by atoms with E-state index in [2.05, 4.69) is 37.1 Å². The first-order valence-corrected chi connectivity index (χ1v) is 10.9. The van der Waals surface area contributed by atoms with E-state index in [-0.39, 0.29) is 0 Å². The van der Waals surface area contributed by atoms with Gasteiger partial charge in [0.1, 0.15) is 16.6 Å². The minimum absolute atomic E-state index is 0.582. The maximum atomic E-state index is 6.08. The number of oxazole rings is 1. The van der Waals surface area contributed by atoms with Crippen molar-refractivity contribution in [1.29, 1.82) is 0 Å². The molecule has 0 aliphatic heterocycles. The van der Waals surface area contributed by atoms with Crippen molar-refractivity contribution < 1.29 is 4.42 Å². The van der Waals surface area contributed by atoms with E-state index in [0.717, 1.165) is 33.4 Å². The molecule has 0 saturated carbocycles. The highest BCUT2D eigenvalue weighted by molar-refractivity contribution is 7.98. The number of aryl methyl sites for hydroxylation is 2. The average molecular weight is 427 g/mol. The number of fused-ring (bicyclic) bond motifs is 3. The van der Waals surface area contributed by atoms with Crippen molar-refractivity contribution in [1.82, 2.24) is 19.6 Å². The molecule has 1 aromatic carbocycles. The third-order valence-corrected chi connectivity index (χ3v) is 6.63. The fourth-order valence-electron chi connectivity index (χ4n) is 3.19. The van der Waals surface area contributed by atoms with Crippen molar-refractivity contribution in [2.75, 3.05) is 0 Å². The van der Waals surface area contributed by atoms with E-state index in [1.807, 2.05) is 38.1 Å². The van der Waals surface area contributed by atoms with Gasteiger partial charge in [0.15, 0.2) is 0 Å². The highest BCUT2D eigenvalue weighted by atomic mass is 35.5. The molecule has 0 aliphatic carbocycles. The predicted octanol–water partition coefficient (Wildman–Crippen LogP) is 6.16. The standard InChI is InChI=1S/C20H15ClN4OS2/c1-11-15(22-19(26-11)13-4-3-5-14(21)8-13)10-28-20-17-9-18-16(6-7-27-18)25(17)12(2)23-24-20/h3-9H,10H2,1-2H3. The quantitative estimate of drug-likeness (QED) is 0.322. The normalized spacial score (nSPS) is 11.7. The summed E-state index contributed by atoms with van der Waals surface area (Å²) in [6, 6.07) is 11.8. The lowest BCUT2D eigenvalue weighted by atomic mass is 10.2. The molecular weight excluding hydrogens is 412 g/mol. The molecule has 0 bridgehead atoms. The highest BCUT2D eigenvalue weighted by Crippen LogP contribution is 2.33. The lowest BCUT2D eigenvalue weighted by molar-refractivity contribution is 0.540. The molecule has 5 nitrogen and oxygen atoms in total. The molecule has 0 N–H and O–H groups in total. The van der Waals surface area contributed by atoms with E-state index in [9.17, 15) is 0 Å². The Labute approximate surface area is 174 Å². The van der Waals surface area contributed by atoms with Gasteiger partial charge in [0.05, 0.1) is 21.4 Å². The predicted molar refractivity (Wildman–Crippen MR) is 114 cm³/mol. The zero-order valence-electron chi connectivity index (χ0n) is 15.1. The lowest BCUT2D eigenvalue weighted by Crippen LogP contribution is -2.00. The number of thioether (sulfide) groups is 1.